The van der Waals surface area contributed by atoms with Gasteiger partial charge < -0.3 is 10.2 Å². The van der Waals surface area contributed by atoms with Crippen LogP contribution in [0.5, 0.6) is 0 Å². The average molecular weight is 309 g/mol. The van der Waals surface area contributed by atoms with Gasteiger partial charge in [-0.3, -0.25) is 0 Å². The predicted octanol–water partition coefficient (Wildman–Crippen LogP) is 1.65. The molecule has 1 aliphatic rings. The Hall–Kier alpha value is -1.56. The summed E-state index contributed by atoms with van der Waals surface area (Å²) in [5.74, 6) is 0.946. The number of aliphatic imine (C=N–C) groups is 1. The number of guanidine groups is 1. The number of rotatable bonds is 4. The fraction of sp³-hybridized carbons (Fsp3) is 0.533. The zero-order valence-corrected chi connectivity index (χ0v) is 13.5. The Balaban J connectivity index is 2.06. The van der Waals surface area contributed by atoms with Gasteiger partial charge in [0.2, 0.25) is 0 Å². The van der Waals surface area contributed by atoms with E-state index in [9.17, 15) is 8.42 Å². The van der Waals surface area contributed by atoms with Gasteiger partial charge in [0, 0.05) is 25.9 Å². The first kappa shape index (κ1) is 15.8. The van der Waals surface area contributed by atoms with Crippen molar-refractivity contribution in [3.05, 3.63) is 29.8 Å². The van der Waals surface area contributed by atoms with E-state index in [4.69, 9.17) is 0 Å². The lowest BCUT2D eigenvalue weighted by Gasteiger charge is -2.20. The van der Waals surface area contributed by atoms with Crippen molar-refractivity contribution in [2.24, 2.45) is 4.99 Å². The van der Waals surface area contributed by atoms with Crippen molar-refractivity contribution in [1.29, 1.82) is 0 Å². The van der Waals surface area contributed by atoms with Gasteiger partial charge in [-0.1, -0.05) is 12.1 Å². The van der Waals surface area contributed by atoms with Crippen LogP contribution in [0.2, 0.25) is 0 Å². The number of nitrogens with zero attached hydrogens (tertiary/aromatic N) is 2. The molecule has 0 atom stereocenters. The largest absolute Gasteiger partial charge is 0.357 e. The number of hydrogen-bond donors (Lipinski definition) is 1. The third-order valence-electron chi connectivity index (χ3n) is 3.50. The van der Waals surface area contributed by atoms with Gasteiger partial charge >= 0.3 is 0 Å². The normalized spacial score (nSPS) is 16.3. The first-order chi connectivity index (χ1) is 10.0. The summed E-state index contributed by atoms with van der Waals surface area (Å²) in [6, 6.07) is 6.94. The zero-order valence-electron chi connectivity index (χ0n) is 12.7. The van der Waals surface area contributed by atoms with Gasteiger partial charge in [-0.05, 0) is 37.5 Å². The third-order valence-corrected chi connectivity index (χ3v) is 4.63. The van der Waals surface area contributed by atoms with Crippen LogP contribution >= 0.6 is 0 Å². The summed E-state index contributed by atoms with van der Waals surface area (Å²) in [6.07, 6.45) is 3.65. The summed E-state index contributed by atoms with van der Waals surface area (Å²) < 4.78 is 22.9. The molecule has 6 heteroatoms. The maximum atomic E-state index is 11.4. The van der Waals surface area contributed by atoms with E-state index in [1.807, 2.05) is 12.1 Å². The van der Waals surface area contributed by atoms with Crippen molar-refractivity contribution in [3.8, 4) is 0 Å². The van der Waals surface area contributed by atoms with Gasteiger partial charge in [0.25, 0.3) is 0 Å². The average Bonchev–Trinajstić information content (AvgIpc) is 2.97. The maximum absolute atomic E-state index is 11.4. The molecule has 1 aromatic carbocycles. The van der Waals surface area contributed by atoms with Crippen LogP contribution in [0.25, 0.3) is 0 Å². The van der Waals surface area contributed by atoms with Crippen LogP contribution in [0.1, 0.15) is 25.3 Å². The Morgan fingerprint density at radius 1 is 1.24 bits per heavy atom. The molecule has 0 spiro atoms. The number of likely N-dealkylation sites (tertiary alicyclic amines) is 1. The molecule has 1 heterocycles. The van der Waals surface area contributed by atoms with E-state index < -0.39 is 9.84 Å². The predicted molar refractivity (Wildman–Crippen MR) is 85.2 cm³/mol. The molecule has 0 bridgehead atoms. The van der Waals surface area contributed by atoms with E-state index in [0.717, 1.165) is 31.2 Å². The third kappa shape index (κ3) is 4.46. The molecule has 0 aromatic heterocycles. The summed E-state index contributed by atoms with van der Waals surface area (Å²) in [5, 5.41) is 3.31. The van der Waals surface area contributed by atoms with Crippen LogP contribution in [0.4, 0.5) is 0 Å². The minimum Gasteiger partial charge on any atom is -0.357 e. The second-order valence-corrected chi connectivity index (χ2v) is 7.30. The van der Waals surface area contributed by atoms with Crippen LogP contribution in [0, 0.1) is 0 Å². The molecule has 2 rings (SSSR count). The molecule has 0 radical (unpaired) electrons. The number of nitrogens with one attached hydrogen (secondary N) is 1. The van der Waals surface area contributed by atoms with Crippen molar-refractivity contribution in [3.63, 3.8) is 0 Å². The van der Waals surface area contributed by atoms with Crippen molar-refractivity contribution < 1.29 is 8.42 Å². The van der Waals surface area contributed by atoms with Crippen LogP contribution in [-0.4, -0.2) is 45.2 Å². The van der Waals surface area contributed by atoms with Gasteiger partial charge in [0.05, 0.1) is 11.4 Å². The van der Waals surface area contributed by atoms with Crippen molar-refractivity contribution >= 4 is 15.8 Å². The SMILES string of the molecule is CCNC(=NCc1ccc(S(C)(=O)=O)cc1)N1CCCC1. The Labute approximate surface area is 127 Å². The molecule has 1 fully saturated rings. The van der Waals surface area contributed by atoms with E-state index in [-0.39, 0.29) is 0 Å². The Morgan fingerprint density at radius 2 is 1.86 bits per heavy atom. The highest BCUT2D eigenvalue weighted by molar-refractivity contribution is 7.90. The minimum atomic E-state index is -3.13. The lowest BCUT2D eigenvalue weighted by atomic mass is 10.2. The Bertz CT molecular complexity index is 588. The molecule has 0 unspecified atom stereocenters. The molecule has 0 saturated carbocycles. The van der Waals surface area contributed by atoms with Gasteiger partial charge in [-0.25, -0.2) is 13.4 Å². The number of hydrogen-bond acceptors (Lipinski definition) is 3. The fourth-order valence-electron chi connectivity index (χ4n) is 2.36. The van der Waals surface area contributed by atoms with Crippen LogP contribution in [0.15, 0.2) is 34.2 Å². The molecule has 1 aromatic rings. The first-order valence-corrected chi connectivity index (χ1v) is 9.22. The highest BCUT2D eigenvalue weighted by Crippen LogP contribution is 2.12. The first-order valence-electron chi connectivity index (χ1n) is 7.33. The molecule has 1 saturated heterocycles. The molecule has 1 N–H and O–H groups in total. The quantitative estimate of drug-likeness (QED) is 0.678. The lowest BCUT2D eigenvalue weighted by molar-refractivity contribution is 0.493. The lowest BCUT2D eigenvalue weighted by Crippen LogP contribution is -2.39. The summed E-state index contributed by atoms with van der Waals surface area (Å²) in [5.41, 5.74) is 1.01. The molecular weight excluding hydrogens is 286 g/mol. The standard InChI is InChI=1S/C15H23N3O2S/c1-3-16-15(18-10-4-5-11-18)17-12-13-6-8-14(9-7-13)21(2,19)20/h6-9H,3-5,10-12H2,1-2H3,(H,16,17). The van der Waals surface area contributed by atoms with Gasteiger partial charge in [-0.2, -0.15) is 0 Å². The number of benzene rings is 1. The van der Waals surface area contributed by atoms with Crippen LogP contribution in [-0.2, 0) is 16.4 Å². The van der Waals surface area contributed by atoms with Crippen molar-refractivity contribution in [2.75, 3.05) is 25.9 Å². The molecule has 1 aliphatic heterocycles. The maximum Gasteiger partial charge on any atom is 0.194 e. The molecule has 116 valence electrons. The van der Waals surface area contributed by atoms with E-state index in [2.05, 4.69) is 22.1 Å². The zero-order chi connectivity index (χ0) is 15.3. The van der Waals surface area contributed by atoms with Crippen LogP contribution < -0.4 is 5.32 Å². The molecular formula is C15H23N3O2S. The van der Waals surface area contributed by atoms with Crippen LogP contribution in [0.3, 0.4) is 0 Å². The van der Waals surface area contributed by atoms with E-state index in [1.165, 1.54) is 19.1 Å². The van der Waals surface area contributed by atoms with Gasteiger partial charge in [0.1, 0.15) is 0 Å². The Kier molecular flexibility index (Phi) is 5.22. The van der Waals surface area contributed by atoms with Crippen molar-refractivity contribution in [2.45, 2.75) is 31.2 Å². The summed E-state index contributed by atoms with van der Waals surface area (Å²) >= 11 is 0. The molecule has 5 nitrogen and oxygen atoms in total. The highest BCUT2D eigenvalue weighted by Gasteiger charge is 2.15. The second kappa shape index (κ2) is 6.93. The topological polar surface area (TPSA) is 61.8 Å². The number of sulfone groups is 1. The van der Waals surface area contributed by atoms with E-state index in [1.54, 1.807) is 12.1 Å². The van der Waals surface area contributed by atoms with Gasteiger partial charge in [-0.15, -0.1) is 0 Å². The summed E-state index contributed by atoms with van der Waals surface area (Å²) in [4.78, 5) is 7.26. The molecule has 0 aliphatic carbocycles. The van der Waals surface area contributed by atoms with Gasteiger partial charge in [0.15, 0.2) is 15.8 Å². The van der Waals surface area contributed by atoms with E-state index >= 15 is 0 Å². The Morgan fingerprint density at radius 3 is 2.38 bits per heavy atom. The van der Waals surface area contributed by atoms with E-state index in [0.29, 0.717) is 11.4 Å². The fourth-order valence-corrected chi connectivity index (χ4v) is 2.99. The molecule has 21 heavy (non-hydrogen) atoms. The monoisotopic (exact) mass is 309 g/mol. The summed E-state index contributed by atoms with van der Waals surface area (Å²) in [7, 11) is -3.13. The minimum absolute atomic E-state index is 0.349. The molecule has 0 amide bonds. The summed E-state index contributed by atoms with van der Waals surface area (Å²) in [6.45, 7) is 5.58. The highest BCUT2D eigenvalue weighted by atomic mass is 32.2. The van der Waals surface area contributed by atoms with Crippen molar-refractivity contribution in [1.82, 2.24) is 10.2 Å². The smallest absolute Gasteiger partial charge is 0.194 e. The second-order valence-electron chi connectivity index (χ2n) is 5.28.